The third-order valence-electron chi connectivity index (χ3n) is 4.07. The lowest BCUT2D eigenvalue weighted by atomic mass is 10.0. The average Bonchev–Trinajstić information content (AvgIpc) is 3.05. The number of imidazole rings is 1. The Morgan fingerprint density at radius 2 is 1.52 bits per heavy atom. The summed E-state index contributed by atoms with van der Waals surface area (Å²) in [6.07, 6.45) is 0.312. The van der Waals surface area contributed by atoms with Crippen molar-refractivity contribution < 1.29 is 4.79 Å². The number of aromatic nitrogens is 2. The molecule has 4 aromatic rings. The number of para-hydroxylation sites is 2. The van der Waals surface area contributed by atoms with Gasteiger partial charge in [-0.2, -0.15) is 0 Å². The van der Waals surface area contributed by atoms with E-state index in [1.165, 1.54) is 5.56 Å². The van der Waals surface area contributed by atoms with Gasteiger partial charge in [-0.25, -0.2) is 4.98 Å². The van der Waals surface area contributed by atoms with E-state index in [0.29, 0.717) is 12.4 Å². The van der Waals surface area contributed by atoms with E-state index in [9.17, 15) is 4.79 Å². The molecule has 0 aliphatic carbocycles. The average molecular weight is 327 g/mol. The second-order valence-corrected chi connectivity index (χ2v) is 5.89. The molecule has 0 saturated carbocycles. The first-order valence-electron chi connectivity index (χ1n) is 8.17. The van der Waals surface area contributed by atoms with Crippen molar-refractivity contribution in [2.45, 2.75) is 6.42 Å². The van der Waals surface area contributed by atoms with E-state index >= 15 is 0 Å². The Morgan fingerprint density at radius 3 is 2.28 bits per heavy atom. The summed E-state index contributed by atoms with van der Waals surface area (Å²) in [4.78, 5) is 19.7. The fourth-order valence-electron chi connectivity index (χ4n) is 2.82. The summed E-state index contributed by atoms with van der Waals surface area (Å²) in [5, 5.41) is 2.82. The van der Waals surface area contributed by atoms with Crippen LogP contribution >= 0.6 is 0 Å². The first kappa shape index (κ1) is 15.1. The standard InChI is InChI=1S/C21H17N3O/c25-20(24-21-22-18-8-4-5-9-19(18)23-21)14-15-10-12-17(13-11-15)16-6-2-1-3-7-16/h1-13H,14H2,(H2,22,23,24,25). The van der Waals surface area contributed by atoms with Gasteiger partial charge in [0, 0.05) is 0 Å². The molecule has 0 saturated heterocycles. The summed E-state index contributed by atoms with van der Waals surface area (Å²) in [6, 6.07) is 25.9. The zero-order valence-electron chi connectivity index (χ0n) is 13.6. The molecule has 3 aromatic carbocycles. The van der Waals surface area contributed by atoms with Crippen molar-refractivity contribution >= 4 is 22.9 Å². The second-order valence-electron chi connectivity index (χ2n) is 5.89. The van der Waals surface area contributed by atoms with Crippen LogP contribution in [0.5, 0.6) is 0 Å². The maximum absolute atomic E-state index is 12.2. The summed E-state index contributed by atoms with van der Waals surface area (Å²) in [5.41, 5.74) is 5.02. The highest BCUT2D eigenvalue weighted by Crippen LogP contribution is 2.19. The second kappa shape index (κ2) is 6.61. The maximum Gasteiger partial charge on any atom is 0.231 e. The van der Waals surface area contributed by atoms with Gasteiger partial charge in [0.1, 0.15) is 0 Å². The van der Waals surface area contributed by atoms with Crippen molar-refractivity contribution in [1.29, 1.82) is 0 Å². The molecule has 0 spiro atoms. The number of H-pyrrole nitrogens is 1. The molecule has 1 amide bonds. The minimum absolute atomic E-state index is 0.0912. The van der Waals surface area contributed by atoms with Crippen LogP contribution in [0.3, 0.4) is 0 Å². The van der Waals surface area contributed by atoms with Crippen molar-refractivity contribution in [3.05, 3.63) is 84.4 Å². The van der Waals surface area contributed by atoms with Gasteiger partial charge in [-0.15, -0.1) is 0 Å². The molecule has 0 unspecified atom stereocenters. The van der Waals surface area contributed by atoms with Crippen molar-refractivity contribution in [2.75, 3.05) is 5.32 Å². The fourth-order valence-corrected chi connectivity index (χ4v) is 2.82. The van der Waals surface area contributed by atoms with Crippen LogP contribution in [-0.2, 0) is 11.2 Å². The SMILES string of the molecule is O=C(Cc1ccc(-c2ccccc2)cc1)Nc1nc2ccccc2[nH]1. The molecule has 1 aromatic heterocycles. The zero-order chi connectivity index (χ0) is 17.1. The lowest BCUT2D eigenvalue weighted by Crippen LogP contribution is -2.15. The van der Waals surface area contributed by atoms with E-state index in [2.05, 4.69) is 27.4 Å². The van der Waals surface area contributed by atoms with Crippen LogP contribution in [0.1, 0.15) is 5.56 Å². The van der Waals surface area contributed by atoms with Crippen LogP contribution < -0.4 is 5.32 Å². The quantitative estimate of drug-likeness (QED) is 0.583. The van der Waals surface area contributed by atoms with Crippen molar-refractivity contribution in [2.24, 2.45) is 0 Å². The summed E-state index contributed by atoms with van der Waals surface area (Å²) in [6.45, 7) is 0. The summed E-state index contributed by atoms with van der Waals surface area (Å²) < 4.78 is 0. The van der Waals surface area contributed by atoms with E-state index in [-0.39, 0.29) is 5.91 Å². The normalized spacial score (nSPS) is 10.7. The van der Waals surface area contributed by atoms with Crippen molar-refractivity contribution in [3.63, 3.8) is 0 Å². The number of carbonyl (C=O) groups is 1. The van der Waals surface area contributed by atoms with Gasteiger partial charge in [0.05, 0.1) is 17.5 Å². The van der Waals surface area contributed by atoms with E-state index in [1.807, 2.05) is 66.7 Å². The molecule has 4 nitrogen and oxygen atoms in total. The first-order valence-corrected chi connectivity index (χ1v) is 8.17. The molecule has 1 heterocycles. The highest BCUT2D eigenvalue weighted by Gasteiger charge is 2.08. The monoisotopic (exact) mass is 327 g/mol. The zero-order valence-corrected chi connectivity index (χ0v) is 13.6. The van der Waals surface area contributed by atoms with Crippen molar-refractivity contribution in [3.8, 4) is 11.1 Å². The van der Waals surface area contributed by atoms with Gasteiger partial charge < -0.3 is 4.98 Å². The molecule has 4 rings (SSSR count). The third kappa shape index (κ3) is 3.43. The van der Waals surface area contributed by atoms with Gasteiger partial charge in [-0.1, -0.05) is 66.7 Å². The van der Waals surface area contributed by atoms with Gasteiger partial charge in [-0.3, -0.25) is 10.1 Å². The number of fused-ring (bicyclic) bond motifs is 1. The Kier molecular flexibility index (Phi) is 4.01. The molecular formula is C21H17N3O. The molecule has 4 heteroatoms. The summed E-state index contributed by atoms with van der Waals surface area (Å²) >= 11 is 0. The number of carbonyl (C=O) groups excluding carboxylic acids is 1. The Balaban J connectivity index is 1.43. The van der Waals surface area contributed by atoms with Crippen LogP contribution in [0.4, 0.5) is 5.95 Å². The molecule has 0 radical (unpaired) electrons. The van der Waals surface area contributed by atoms with Gasteiger partial charge in [0.25, 0.3) is 0 Å². The van der Waals surface area contributed by atoms with E-state index in [0.717, 1.165) is 22.2 Å². The molecule has 0 aliphatic rings. The maximum atomic E-state index is 12.2. The predicted molar refractivity (Wildman–Crippen MR) is 100 cm³/mol. The first-order chi connectivity index (χ1) is 12.3. The van der Waals surface area contributed by atoms with Gasteiger partial charge in [0.15, 0.2) is 0 Å². The predicted octanol–water partition coefficient (Wildman–Crippen LogP) is 4.41. The molecule has 0 bridgehead atoms. The molecule has 0 fully saturated rings. The minimum atomic E-state index is -0.0912. The molecule has 122 valence electrons. The Labute approximate surface area is 145 Å². The molecule has 0 atom stereocenters. The van der Waals surface area contributed by atoms with E-state index < -0.39 is 0 Å². The van der Waals surface area contributed by atoms with Gasteiger partial charge in [-0.05, 0) is 28.8 Å². The summed E-state index contributed by atoms with van der Waals surface area (Å²) in [7, 11) is 0. The highest BCUT2D eigenvalue weighted by atomic mass is 16.1. The van der Waals surface area contributed by atoms with Crippen LogP contribution in [0, 0.1) is 0 Å². The number of anilines is 1. The largest absolute Gasteiger partial charge is 0.324 e. The van der Waals surface area contributed by atoms with Crippen molar-refractivity contribution in [1.82, 2.24) is 9.97 Å². The van der Waals surface area contributed by atoms with E-state index in [1.54, 1.807) is 0 Å². The Hall–Kier alpha value is -3.40. The number of aromatic amines is 1. The lowest BCUT2D eigenvalue weighted by Gasteiger charge is -2.05. The lowest BCUT2D eigenvalue weighted by molar-refractivity contribution is -0.115. The number of nitrogens with one attached hydrogen (secondary N) is 2. The van der Waals surface area contributed by atoms with Crippen LogP contribution in [-0.4, -0.2) is 15.9 Å². The smallest absolute Gasteiger partial charge is 0.231 e. The Bertz CT molecular complexity index is 971. The van der Waals surface area contributed by atoms with Gasteiger partial charge >= 0.3 is 0 Å². The number of amides is 1. The number of nitrogens with zero attached hydrogens (tertiary/aromatic N) is 1. The third-order valence-corrected chi connectivity index (χ3v) is 4.07. The molecular weight excluding hydrogens is 310 g/mol. The molecule has 2 N–H and O–H groups in total. The number of rotatable bonds is 4. The summed E-state index contributed by atoms with van der Waals surface area (Å²) in [5.74, 6) is 0.388. The fraction of sp³-hybridized carbons (Fsp3) is 0.0476. The Morgan fingerprint density at radius 1 is 0.840 bits per heavy atom. The number of benzene rings is 3. The van der Waals surface area contributed by atoms with Gasteiger partial charge in [0.2, 0.25) is 11.9 Å². The minimum Gasteiger partial charge on any atom is -0.324 e. The topological polar surface area (TPSA) is 57.8 Å². The van der Waals surface area contributed by atoms with Crippen LogP contribution in [0.15, 0.2) is 78.9 Å². The van der Waals surface area contributed by atoms with Crippen LogP contribution in [0.2, 0.25) is 0 Å². The molecule has 25 heavy (non-hydrogen) atoms. The number of hydrogen-bond acceptors (Lipinski definition) is 2. The molecule has 0 aliphatic heterocycles. The highest BCUT2D eigenvalue weighted by molar-refractivity contribution is 5.92. The number of hydrogen-bond donors (Lipinski definition) is 2. The van der Waals surface area contributed by atoms with E-state index in [4.69, 9.17) is 0 Å². The van der Waals surface area contributed by atoms with Crippen LogP contribution in [0.25, 0.3) is 22.2 Å².